The number of para-hydroxylation sites is 1. The van der Waals surface area contributed by atoms with Crippen LogP contribution in [0.1, 0.15) is 23.9 Å². The lowest BCUT2D eigenvalue weighted by Crippen LogP contribution is -2.27. The zero-order valence-corrected chi connectivity index (χ0v) is 21.1. The number of carbonyl (C=O) groups is 2. The molecule has 3 heterocycles. The Bertz CT molecular complexity index is 1530. The molecule has 5 rings (SSSR count). The van der Waals surface area contributed by atoms with E-state index < -0.39 is 12.1 Å². The number of nitrogens with one attached hydrogen (secondary N) is 3. The highest BCUT2D eigenvalue weighted by Gasteiger charge is 2.22. The number of anilines is 1. The van der Waals surface area contributed by atoms with E-state index in [1.54, 1.807) is 60.7 Å². The van der Waals surface area contributed by atoms with Crippen molar-refractivity contribution in [3.05, 3.63) is 88.6 Å². The first-order valence-corrected chi connectivity index (χ1v) is 12.2. The van der Waals surface area contributed by atoms with Crippen LogP contribution in [0, 0.1) is 0 Å². The van der Waals surface area contributed by atoms with Crippen molar-refractivity contribution in [2.24, 2.45) is 0 Å². The van der Waals surface area contributed by atoms with Gasteiger partial charge in [0.25, 0.3) is 0 Å². The van der Waals surface area contributed by atoms with Gasteiger partial charge in [0.1, 0.15) is 29.6 Å². The van der Waals surface area contributed by atoms with Gasteiger partial charge < -0.3 is 15.0 Å². The van der Waals surface area contributed by atoms with Crippen LogP contribution in [0.15, 0.2) is 67.0 Å². The van der Waals surface area contributed by atoms with E-state index in [2.05, 4.69) is 36.1 Å². The van der Waals surface area contributed by atoms with E-state index in [0.29, 0.717) is 45.5 Å². The van der Waals surface area contributed by atoms with Crippen LogP contribution in [0.5, 0.6) is 0 Å². The normalized spacial score (nSPS) is 15.5. The van der Waals surface area contributed by atoms with Gasteiger partial charge in [0.15, 0.2) is 0 Å². The molecular formula is C25H20Cl2N8O3. The highest BCUT2D eigenvalue weighted by atomic mass is 35.5. The number of ether oxygens (including phenoxy) is 1. The van der Waals surface area contributed by atoms with Crippen molar-refractivity contribution in [2.45, 2.75) is 12.5 Å². The molecule has 4 aromatic rings. The molecule has 38 heavy (non-hydrogen) atoms. The third-order valence-corrected chi connectivity index (χ3v) is 6.10. The van der Waals surface area contributed by atoms with E-state index in [0.717, 1.165) is 0 Å². The number of amides is 2. The van der Waals surface area contributed by atoms with Gasteiger partial charge in [-0.05, 0) is 47.2 Å². The standard InChI is InChI=1S/C25H20Cl2N8O3/c26-16-9-10-20(35-14-28-33-34-35)15(13-16)8-11-21(36)29-19-7-3-4-12-38-25(37)30-18-6-2-1-5-17(18)22-23(27)32-24(19)31-22/h1-6,8-11,13-14,19H,7,12H2,(H,29,36)(H,30,37)(H,31,32). The fraction of sp³-hybridized carbons (Fsp3) is 0.120. The number of aromatic amines is 1. The second-order valence-corrected chi connectivity index (χ2v) is 8.93. The molecule has 2 aromatic carbocycles. The fourth-order valence-corrected chi connectivity index (χ4v) is 4.27. The van der Waals surface area contributed by atoms with Gasteiger partial charge in [0.05, 0.1) is 17.4 Å². The summed E-state index contributed by atoms with van der Waals surface area (Å²) in [7, 11) is 0. The maximum Gasteiger partial charge on any atom is 0.411 e. The first kappa shape index (κ1) is 25.2. The van der Waals surface area contributed by atoms with Crippen LogP contribution in [-0.4, -0.2) is 48.8 Å². The largest absolute Gasteiger partial charge is 0.445 e. The van der Waals surface area contributed by atoms with E-state index >= 15 is 0 Å². The number of cyclic esters (lactones) is 1. The Balaban J connectivity index is 1.42. The molecule has 11 nitrogen and oxygen atoms in total. The van der Waals surface area contributed by atoms with Gasteiger partial charge in [-0.15, -0.1) is 5.10 Å². The number of hydrogen-bond donors (Lipinski definition) is 3. The van der Waals surface area contributed by atoms with Crippen molar-refractivity contribution in [3.8, 4) is 16.9 Å². The quantitative estimate of drug-likeness (QED) is 0.246. The molecule has 1 aliphatic rings. The minimum atomic E-state index is -0.606. The molecule has 1 aliphatic heterocycles. The number of imidazole rings is 1. The summed E-state index contributed by atoms with van der Waals surface area (Å²) in [6, 6.07) is 11.7. The molecule has 1 unspecified atom stereocenters. The predicted octanol–water partition coefficient (Wildman–Crippen LogP) is 4.74. The van der Waals surface area contributed by atoms with Crippen molar-refractivity contribution < 1.29 is 14.3 Å². The average molecular weight is 551 g/mol. The number of carbonyl (C=O) groups excluding carboxylic acids is 2. The zero-order chi connectivity index (χ0) is 26.5. The summed E-state index contributed by atoms with van der Waals surface area (Å²) in [6.07, 6.45) is 7.69. The Morgan fingerprint density at radius 2 is 2.05 bits per heavy atom. The number of benzene rings is 2. The minimum Gasteiger partial charge on any atom is -0.445 e. The first-order chi connectivity index (χ1) is 18.5. The van der Waals surface area contributed by atoms with Gasteiger partial charge in [-0.2, -0.15) is 4.68 Å². The average Bonchev–Trinajstić information content (AvgIpc) is 3.57. The summed E-state index contributed by atoms with van der Waals surface area (Å²) in [4.78, 5) is 32.9. The smallest absolute Gasteiger partial charge is 0.411 e. The van der Waals surface area contributed by atoms with Gasteiger partial charge >= 0.3 is 6.09 Å². The Morgan fingerprint density at radius 1 is 1.18 bits per heavy atom. The van der Waals surface area contributed by atoms with Gasteiger partial charge in [-0.3, -0.25) is 10.1 Å². The molecule has 13 heteroatoms. The van der Waals surface area contributed by atoms with Crippen LogP contribution in [0.25, 0.3) is 23.0 Å². The number of rotatable bonds is 4. The van der Waals surface area contributed by atoms with Crippen molar-refractivity contribution in [1.29, 1.82) is 0 Å². The maximum absolute atomic E-state index is 13.0. The second kappa shape index (κ2) is 11.3. The number of halogens is 2. The van der Waals surface area contributed by atoms with E-state index in [9.17, 15) is 9.59 Å². The second-order valence-electron chi connectivity index (χ2n) is 8.11. The summed E-state index contributed by atoms with van der Waals surface area (Å²) < 4.78 is 6.68. The molecular weight excluding hydrogens is 531 g/mol. The predicted molar refractivity (Wildman–Crippen MR) is 142 cm³/mol. The molecule has 2 amide bonds. The topological polar surface area (TPSA) is 140 Å². The maximum atomic E-state index is 13.0. The number of aromatic nitrogens is 6. The first-order valence-electron chi connectivity index (χ1n) is 11.4. The highest BCUT2D eigenvalue weighted by molar-refractivity contribution is 6.32. The molecule has 1 atom stereocenters. The van der Waals surface area contributed by atoms with E-state index in [4.69, 9.17) is 27.9 Å². The Morgan fingerprint density at radius 3 is 2.89 bits per heavy atom. The molecule has 0 radical (unpaired) electrons. The fourth-order valence-electron chi connectivity index (χ4n) is 3.84. The van der Waals surface area contributed by atoms with E-state index in [-0.39, 0.29) is 17.7 Å². The van der Waals surface area contributed by atoms with Crippen LogP contribution >= 0.6 is 23.2 Å². The Hall–Kier alpha value is -4.48. The number of hydrogen-bond acceptors (Lipinski definition) is 7. The van der Waals surface area contributed by atoms with Crippen LogP contribution in [0.2, 0.25) is 10.2 Å². The van der Waals surface area contributed by atoms with Gasteiger partial charge in [-0.1, -0.05) is 53.6 Å². The molecule has 192 valence electrons. The number of tetrazole rings is 1. The van der Waals surface area contributed by atoms with Crippen LogP contribution < -0.4 is 10.6 Å². The summed E-state index contributed by atoms with van der Waals surface area (Å²) in [5.74, 6) is 0.0766. The molecule has 0 fully saturated rings. The lowest BCUT2D eigenvalue weighted by molar-refractivity contribution is -0.117. The minimum absolute atomic E-state index is 0.0621. The molecule has 3 N–H and O–H groups in total. The van der Waals surface area contributed by atoms with Gasteiger partial charge in [0.2, 0.25) is 5.91 Å². The lowest BCUT2D eigenvalue weighted by Gasteiger charge is -2.14. The van der Waals surface area contributed by atoms with Crippen LogP contribution in [-0.2, 0) is 9.53 Å². The Labute approximate surface area is 226 Å². The lowest BCUT2D eigenvalue weighted by atomic mass is 10.1. The highest BCUT2D eigenvalue weighted by Crippen LogP contribution is 2.33. The Kier molecular flexibility index (Phi) is 7.47. The summed E-state index contributed by atoms with van der Waals surface area (Å²) >= 11 is 12.7. The molecule has 2 aromatic heterocycles. The molecule has 0 saturated heterocycles. The van der Waals surface area contributed by atoms with E-state index in [1.807, 2.05) is 0 Å². The van der Waals surface area contributed by atoms with Crippen molar-refractivity contribution in [3.63, 3.8) is 0 Å². The number of H-pyrrole nitrogens is 1. The van der Waals surface area contributed by atoms with Crippen molar-refractivity contribution >= 4 is 47.0 Å². The molecule has 2 bridgehead atoms. The summed E-state index contributed by atoms with van der Waals surface area (Å²) in [5, 5.41) is 17.6. The molecule has 0 spiro atoms. The van der Waals surface area contributed by atoms with Gasteiger partial charge in [0, 0.05) is 22.2 Å². The number of fused-ring (bicyclic) bond motifs is 4. The van der Waals surface area contributed by atoms with Crippen LogP contribution in [0.3, 0.4) is 0 Å². The van der Waals surface area contributed by atoms with E-state index in [1.165, 1.54) is 17.1 Å². The van der Waals surface area contributed by atoms with Gasteiger partial charge in [-0.25, -0.2) is 9.78 Å². The third kappa shape index (κ3) is 5.74. The van der Waals surface area contributed by atoms with Crippen LogP contribution in [0.4, 0.5) is 10.5 Å². The zero-order valence-electron chi connectivity index (χ0n) is 19.6. The van der Waals surface area contributed by atoms with Crippen molar-refractivity contribution in [1.82, 2.24) is 35.5 Å². The summed E-state index contributed by atoms with van der Waals surface area (Å²) in [5.41, 5.74) is 2.82. The third-order valence-electron chi connectivity index (χ3n) is 5.59. The summed E-state index contributed by atoms with van der Waals surface area (Å²) in [6.45, 7) is 0.0621. The molecule has 0 aliphatic carbocycles. The molecule has 0 saturated carbocycles. The number of nitrogens with zero attached hydrogens (tertiary/aromatic N) is 5. The monoisotopic (exact) mass is 550 g/mol. The van der Waals surface area contributed by atoms with Crippen molar-refractivity contribution in [2.75, 3.05) is 11.9 Å². The SMILES string of the molecule is O=C(C=Cc1cc(Cl)ccc1-n1cnnn1)NC1CC=CCOC(=O)Nc2ccccc2-c2nc1[nH]c2Cl.